The molecule has 0 amide bonds. The molecule has 3 N–H and O–H groups in total. The van der Waals surface area contributed by atoms with Gasteiger partial charge in [-0.15, -0.1) is 11.5 Å². The highest BCUT2D eigenvalue weighted by atomic mass is 28.3. The maximum Gasteiger partial charge on any atom is 0.190 e. The molecule has 2 heterocycles. The van der Waals surface area contributed by atoms with Crippen LogP contribution in [0.25, 0.3) is 0 Å². The number of aliphatic hydroxyl groups is 3. The Morgan fingerprint density at radius 2 is 1.82 bits per heavy atom. The molecular weight excluding hydrogens is 304 g/mol. The second kappa shape index (κ2) is 6.21. The maximum absolute atomic E-state index is 10.2. The van der Waals surface area contributed by atoms with Gasteiger partial charge in [0.25, 0.3) is 0 Å². The molecule has 2 aliphatic rings. The zero-order valence-corrected chi connectivity index (χ0v) is 14.7. The van der Waals surface area contributed by atoms with Crippen molar-refractivity contribution in [3.05, 3.63) is 0 Å². The fraction of sp³-hybridized carbons (Fsp3) is 0.867. The van der Waals surface area contributed by atoms with Crippen LogP contribution in [0.1, 0.15) is 20.3 Å². The summed E-state index contributed by atoms with van der Waals surface area (Å²) in [6.07, 6.45) is -5.58. The molecule has 6 atom stereocenters. The van der Waals surface area contributed by atoms with Gasteiger partial charge in [-0.25, -0.2) is 0 Å². The zero-order valence-electron chi connectivity index (χ0n) is 13.7. The molecule has 0 saturated carbocycles. The van der Waals surface area contributed by atoms with Crippen LogP contribution in [0.5, 0.6) is 0 Å². The minimum atomic E-state index is -1.51. The van der Waals surface area contributed by atoms with E-state index in [2.05, 4.69) is 31.1 Å². The Kier molecular flexibility index (Phi) is 5.05. The van der Waals surface area contributed by atoms with E-state index in [-0.39, 0.29) is 6.42 Å². The van der Waals surface area contributed by atoms with Crippen molar-refractivity contribution in [1.82, 2.24) is 0 Å². The SMILES string of the molecule is CC1(C)O[C@H]2O[C@H]([C@H](O)[C@H](O)CC#C[Si](C)(C)C)[C@H](O)[C@H]2O1. The van der Waals surface area contributed by atoms with Gasteiger partial charge >= 0.3 is 0 Å². The summed E-state index contributed by atoms with van der Waals surface area (Å²) in [7, 11) is -1.51. The summed E-state index contributed by atoms with van der Waals surface area (Å²) in [5, 5.41) is 30.5. The predicted molar refractivity (Wildman–Crippen MR) is 82.5 cm³/mol. The molecule has 0 unspecified atom stereocenters. The van der Waals surface area contributed by atoms with Crippen molar-refractivity contribution >= 4 is 8.07 Å². The predicted octanol–water partition coefficient (Wildman–Crippen LogP) is 0.216. The summed E-state index contributed by atoms with van der Waals surface area (Å²) < 4.78 is 16.6. The molecule has 0 bridgehead atoms. The summed E-state index contributed by atoms with van der Waals surface area (Å²) in [4.78, 5) is 0. The van der Waals surface area contributed by atoms with E-state index in [1.165, 1.54) is 0 Å². The van der Waals surface area contributed by atoms with E-state index in [0.29, 0.717) is 0 Å². The summed E-state index contributed by atoms with van der Waals surface area (Å²) in [6.45, 7) is 9.76. The van der Waals surface area contributed by atoms with Crippen LogP contribution in [0, 0.1) is 11.5 Å². The molecule has 2 rings (SSSR count). The second-order valence-corrected chi connectivity index (χ2v) is 12.1. The van der Waals surface area contributed by atoms with Crippen LogP contribution in [-0.4, -0.2) is 66.0 Å². The lowest BCUT2D eigenvalue weighted by Crippen LogP contribution is -2.46. The normalized spacial score (nSPS) is 36.4. The zero-order chi connectivity index (χ0) is 16.7. The van der Waals surface area contributed by atoms with Crippen LogP contribution < -0.4 is 0 Å². The minimum absolute atomic E-state index is 0.139. The van der Waals surface area contributed by atoms with Crippen molar-refractivity contribution in [2.24, 2.45) is 0 Å². The molecule has 126 valence electrons. The first-order valence-corrected chi connectivity index (χ1v) is 11.1. The van der Waals surface area contributed by atoms with Crippen molar-refractivity contribution in [2.75, 3.05) is 0 Å². The quantitative estimate of drug-likeness (QED) is 0.507. The Labute approximate surface area is 132 Å². The maximum atomic E-state index is 10.2. The average Bonchev–Trinajstić information content (AvgIpc) is 2.81. The van der Waals surface area contributed by atoms with Crippen molar-refractivity contribution in [2.45, 2.75) is 82.5 Å². The molecule has 0 aromatic rings. The van der Waals surface area contributed by atoms with Gasteiger partial charge in [0, 0.05) is 6.42 Å². The first kappa shape index (κ1) is 17.9. The summed E-state index contributed by atoms with van der Waals surface area (Å²) in [6, 6.07) is 0. The summed E-state index contributed by atoms with van der Waals surface area (Å²) in [5.41, 5.74) is 3.13. The van der Waals surface area contributed by atoms with E-state index >= 15 is 0 Å². The first-order chi connectivity index (χ1) is 10.0. The van der Waals surface area contributed by atoms with Gasteiger partial charge in [-0.1, -0.05) is 19.6 Å². The van der Waals surface area contributed by atoms with Gasteiger partial charge < -0.3 is 29.5 Å². The number of fused-ring (bicyclic) bond motifs is 1. The summed E-state index contributed by atoms with van der Waals surface area (Å²) >= 11 is 0. The molecule has 0 aliphatic carbocycles. The molecule has 2 aliphatic heterocycles. The van der Waals surface area contributed by atoms with Crippen LogP contribution in [0.3, 0.4) is 0 Å². The lowest BCUT2D eigenvalue weighted by Gasteiger charge is -2.27. The third-order valence-corrected chi connectivity index (χ3v) is 4.48. The molecule has 0 aromatic heterocycles. The Hall–Kier alpha value is -0.463. The molecule has 2 saturated heterocycles. The fourth-order valence-corrected chi connectivity index (χ4v) is 3.19. The van der Waals surface area contributed by atoms with Crippen LogP contribution in [-0.2, 0) is 14.2 Å². The van der Waals surface area contributed by atoms with E-state index < -0.39 is 50.7 Å². The van der Waals surface area contributed by atoms with Gasteiger partial charge in [0.15, 0.2) is 12.1 Å². The molecular formula is C15H26O6Si. The molecule has 6 nitrogen and oxygen atoms in total. The molecule has 2 fully saturated rings. The fourth-order valence-electron chi connectivity index (χ4n) is 2.56. The van der Waals surface area contributed by atoms with Crippen molar-refractivity contribution in [1.29, 1.82) is 0 Å². The smallest absolute Gasteiger partial charge is 0.190 e. The Morgan fingerprint density at radius 3 is 2.36 bits per heavy atom. The number of ether oxygens (including phenoxy) is 3. The van der Waals surface area contributed by atoms with E-state index in [1.54, 1.807) is 13.8 Å². The van der Waals surface area contributed by atoms with Crippen molar-refractivity contribution < 1.29 is 29.5 Å². The highest BCUT2D eigenvalue weighted by Crippen LogP contribution is 2.38. The van der Waals surface area contributed by atoms with Gasteiger partial charge in [0.1, 0.15) is 32.5 Å². The van der Waals surface area contributed by atoms with Crippen LogP contribution in [0.15, 0.2) is 0 Å². The molecule has 0 spiro atoms. The number of aliphatic hydroxyl groups excluding tert-OH is 3. The lowest BCUT2D eigenvalue weighted by atomic mass is 10.00. The van der Waals surface area contributed by atoms with E-state index in [1.807, 2.05) is 0 Å². The third-order valence-electron chi connectivity index (χ3n) is 3.56. The average molecular weight is 330 g/mol. The molecule has 0 radical (unpaired) electrons. The largest absolute Gasteiger partial charge is 0.389 e. The van der Waals surface area contributed by atoms with E-state index in [0.717, 1.165) is 0 Å². The molecule has 0 aromatic carbocycles. The summed E-state index contributed by atoms with van der Waals surface area (Å²) in [5.74, 6) is 2.08. The topological polar surface area (TPSA) is 88.4 Å². The third kappa shape index (κ3) is 4.09. The minimum Gasteiger partial charge on any atom is -0.389 e. The van der Waals surface area contributed by atoms with Gasteiger partial charge in [-0.05, 0) is 13.8 Å². The number of rotatable bonds is 3. The van der Waals surface area contributed by atoms with Gasteiger partial charge in [0.05, 0.1) is 6.10 Å². The van der Waals surface area contributed by atoms with Crippen molar-refractivity contribution in [3.8, 4) is 11.5 Å². The Bertz CT molecular complexity index is 463. The van der Waals surface area contributed by atoms with E-state index in [9.17, 15) is 15.3 Å². The van der Waals surface area contributed by atoms with Gasteiger partial charge in [-0.2, -0.15) is 0 Å². The Morgan fingerprint density at radius 1 is 1.18 bits per heavy atom. The van der Waals surface area contributed by atoms with Crippen LogP contribution in [0.4, 0.5) is 0 Å². The van der Waals surface area contributed by atoms with Gasteiger partial charge in [-0.3, -0.25) is 0 Å². The number of hydrogen-bond donors (Lipinski definition) is 3. The van der Waals surface area contributed by atoms with Crippen LogP contribution in [0.2, 0.25) is 19.6 Å². The highest BCUT2D eigenvalue weighted by Gasteiger charge is 2.56. The Balaban J connectivity index is 1.94. The molecule has 7 heteroatoms. The second-order valence-electron chi connectivity index (χ2n) is 7.37. The molecule has 22 heavy (non-hydrogen) atoms. The standard InChI is InChI=1S/C15H26O6Si/c1-15(2)20-13-11(18)12(19-14(13)21-15)10(17)9(16)7-6-8-22(3,4)5/h9-14,16-18H,7H2,1-5H3/t9-,10-,11+,12-,13-,14-/m1/s1. The monoisotopic (exact) mass is 330 g/mol. The van der Waals surface area contributed by atoms with E-state index in [4.69, 9.17) is 14.2 Å². The number of hydrogen-bond acceptors (Lipinski definition) is 6. The van der Waals surface area contributed by atoms with Gasteiger partial charge in [0.2, 0.25) is 0 Å². The lowest BCUT2D eigenvalue weighted by molar-refractivity contribution is -0.231. The highest BCUT2D eigenvalue weighted by molar-refractivity contribution is 6.83. The first-order valence-electron chi connectivity index (χ1n) is 7.55. The van der Waals surface area contributed by atoms with Crippen LogP contribution >= 0.6 is 0 Å². The van der Waals surface area contributed by atoms with Crippen molar-refractivity contribution in [3.63, 3.8) is 0 Å².